The maximum absolute atomic E-state index is 13.1. The van der Waals surface area contributed by atoms with E-state index in [0.717, 1.165) is 33.2 Å². The van der Waals surface area contributed by atoms with Gasteiger partial charge in [-0.25, -0.2) is 4.98 Å². The first kappa shape index (κ1) is 20.8. The van der Waals surface area contributed by atoms with Gasteiger partial charge in [-0.1, -0.05) is 29.5 Å². The normalized spacial score (nSPS) is 11.3. The van der Waals surface area contributed by atoms with Crippen LogP contribution < -0.4 is 4.90 Å². The van der Waals surface area contributed by atoms with E-state index in [1.807, 2.05) is 35.2 Å². The van der Waals surface area contributed by atoms with Gasteiger partial charge in [-0.3, -0.25) is 9.69 Å². The van der Waals surface area contributed by atoms with E-state index < -0.39 is 0 Å². The fraction of sp³-hybridized carbons (Fsp3) is 0.364. The van der Waals surface area contributed by atoms with Crippen molar-refractivity contribution in [2.75, 3.05) is 37.8 Å². The van der Waals surface area contributed by atoms with Gasteiger partial charge in [0, 0.05) is 11.4 Å². The molecule has 1 heterocycles. The Morgan fingerprint density at radius 1 is 1.07 bits per heavy atom. The van der Waals surface area contributed by atoms with Crippen LogP contribution in [0.5, 0.6) is 0 Å². The van der Waals surface area contributed by atoms with Crippen LogP contribution in [0.15, 0.2) is 47.4 Å². The van der Waals surface area contributed by atoms with Crippen molar-refractivity contribution in [3.05, 3.63) is 53.6 Å². The predicted molar refractivity (Wildman–Crippen MR) is 122 cm³/mol. The number of hydrogen-bond donors (Lipinski definition) is 0. The summed E-state index contributed by atoms with van der Waals surface area (Å²) < 4.78 is 1.14. The molecule has 2 aromatic carbocycles. The molecule has 3 rings (SSSR count). The Morgan fingerprint density at radius 2 is 1.79 bits per heavy atom. The van der Waals surface area contributed by atoms with Crippen molar-refractivity contribution in [1.82, 2.24) is 9.88 Å². The fourth-order valence-electron chi connectivity index (χ4n) is 2.90. The number of aromatic nitrogens is 1. The molecule has 0 atom stereocenters. The molecule has 0 unspecified atom stereocenters. The molecule has 0 bridgehead atoms. The number of nitrogens with zero attached hydrogens (tertiary/aromatic N) is 3. The summed E-state index contributed by atoms with van der Waals surface area (Å²) >= 11 is 3.19. The molecule has 28 heavy (non-hydrogen) atoms. The highest BCUT2D eigenvalue weighted by molar-refractivity contribution is 8.00. The number of rotatable bonds is 8. The molecule has 4 nitrogen and oxygen atoms in total. The summed E-state index contributed by atoms with van der Waals surface area (Å²) in [6.07, 6.45) is 0.919. The predicted octanol–water partition coefficient (Wildman–Crippen LogP) is 4.99. The van der Waals surface area contributed by atoms with E-state index in [9.17, 15) is 4.79 Å². The van der Waals surface area contributed by atoms with E-state index in [0.29, 0.717) is 12.3 Å². The largest absolute Gasteiger partial charge is 0.309 e. The maximum atomic E-state index is 13.1. The molecular weight excluding hydrogens is 386 g/mol. The highest BCUT2D eigenvalue weighted by Gasteiger charge is 2.20. The second kappa shape index (κ2) is 9.54. The van der Waals surface area contributed by atoms with Crippen LogP contribution in [0.2, 0.25) is 0 Å². The van der Waals surface area contributed by atoms with E-state index in [1.165, 1.54) is 11.1 Å². The van der Waals surface area contributed by atoms with Crippen LogP contribution in [-0.2, 0) is 4.79 Å². The molecule has 1 amide bonds. The molecule has 0 aliphatic rings. The minimum Gasteiger partial charge on any atom is -0.309 e. The van der Waals surface area contributed by atoms with Crippen molar-refractivity contribution >= 4 is 44.4 Å². The zero-order chi connectivity index (χ0) is 20.1. The fourth-order valence-corrected chi connectivity index (χ4v) is 4.78. The number of carbonyl (C=O) groups excluding carboxylic acids is 1. The Bertz CT molecular complexity index is 899. The van der Waals surface area contributed by atoms with Crippen LogP contribution >= 0.6 is 23.1 Å². The number of carbonyl (C=O) groups is 1. The summed E-state index contributed by atoms with van der Waals surface area (Å²) in [5.74, 6) is 0.528. The zero-order valence-corrected chi connectivity index (χ0v) is 18.6. The molecule has 0 saturated heterocycles. The van der Waals surface area contributed by atoms with Gasteiger partial charge in [0.15, 0.2) is 5.13 Å². The topological polar surface area (TPSA) is 36.4 Å². The van der Waals surface area contributed by atoms with Crippen LogP contribution in [0, 0.1) is 13.8 Å². The molecule has 0 N–H and O–H groups in total. The Hall–Kier alpha value is -1.89. The van der Waals surface area contributed by atoms with Gasteiger partial charge in [-0.2, -0.15) is 0 Å². The standard InChI is InChI=1S/C22H27N3OS2/c1-16-13-19-20(14-17(16)2)28-22(23-19)25(12-8-11-24(3)4)21(26)15-27-18-9-6-5-7-10-18/h5-7,9-10,13-14H,8,11-12,15H2,1-4H3. The Balaban J connectivity index is 1.80. The van der Waals surface area contributed by atoms with Crippen LogP contribution in [0.1, 0.15) is 17.5 Å². The average molecular weight is 414 g/mol. The van der Waals surface area contributed by atoms with Gasteiger partial charge >= 0.3 is 0 Å². The van der Waals surface area contributed by atoms with E-state index in [4.69, 9.17) is 4.98 Å². The number of hydrogen-bond acceptors (Lipinski definition) is 5. The van der Waals surface area contributed by atoms with Gasteiger partial charge in [0.1, 0.15) is 0 Å². The van der Waals surface area contributed by atoms with Gasteiger partial charge in [0.05, 0.1) is 16.0 Å². The molecule has 0 aliphatic heterocycles. The van der Waals surface area contributed by atoms with Crippen molar-refractivity contribution in [1.29, 1.82) is 0 Å². The second-order valence-corrected chi connectivity index (χ2v) is 9.26. The molecule has 0 saturated carbocycles. The van der Waals surface area contributed by atoms with E-state index in [2.05, 4.69) is 45.0 Å². The zero-order valence-electron chi connectivity index (χ0n) is 16.9. The number of fused-ring (bicyclic) bond motifs is 1. The van der Waals surface area contributed by atoms with Crippen LogP contribution in [-0.4, -0.2) is 48.7 Å². The van der Waals surface area contributed by atoms with Gasteiger partial charge in [0.25, 0.3) is 0 Å². The summed E-state index contributed by atoms with van der Waals surface area (Å²) in [6, 6.07) is 14.4. The Kier molecular flexibility index (Phi) is 7.10. The molecule has 6 heteroatoms. The first-order valence-corrected chi connectivity index (χ1v) is 11.2. The highest BCUT2D eigenvalue weighted by atomic mass is 32.2. The summed E-state index contributed by atoms with van der Waals surface area (Å²) in [5, 5.41) is 0.803. The molecule has 148 valence electrons. The molecule has 0 radical (unpaired) electrons. The van der Waals surface area contributed by atoms with E-state index in [-0.39, 0.29) is 5.91 Å². The smallest absolute Gasteiger partial charge is 0.239 e. The lowest BCUT2D eigenvalue weighted by molar-refractivity contribution is -0.116. The summed E-state index contributed by atoms with van der Waals surface area (Å²) in [6.45, 7) is 5.85. The molecular formula is C22H27N3OS2. The quantitative estimate of drug-likeness (QED) is 0.488. The minimum absolute atomic E-state index is 0.111. The SMILES string of the molecule is Cc1cc2nc(N(CCCN(C)C)C(=O)CSc3ccccc3)sc2cc1C. The monoisotopic (exact) mass is 413 g/mol. The number of anilines is 1. The number of aryl methyl sites for hydroxylation is 2. The van der Waals surface area contributed by atoms with Crippen molar-refractivity contribution in [3.63, 3.8) is 0 Å². The maximum Gasteiger partial charge on any atom is 0.239 e. The first-order chi connectivity index (χ1) is 13.4. The lowest BCUT2D eigenvalue weighted by Crippen LogP contribution is -2.34. The highest BCUT2D eigenvalue weighted by Crippen LogP contribution is 2.31. The molecule has 0 spiro atoms. The third-order valence-electron chi connectivity index (χ3n) is 4.62. The summed E-state index contributed by atoms with van der Waals surface area (Å²) in [7, 11) is 4.11. The molecule has 1 aromatic heterocycles. The van der Waals surface area contributed by atoms with Crippen LogP contribution in [0.3, 0.4) is 0 Å². The van der Waals surface area contributed by atoms with Crippen molar-refractivity contribution in [2.24, 2.45) is 0 Å². The van der Waals surface area contributed by atoms with Gasteiger partial charge in [-0.05, 0) is 76.3 Å². The first-order valence-electron chi connectivity index (χ1n) is 9.45. The number of amides is 1. The third kappa shape index (κ3) is 5.34. The third-order valence-corrected chi connectivity index (χ3v) is 6.66. The van der Waals surface area contributed by atoms with Gasteiger partial charge in [0.2, 0.25) is 5.91 Å². The van der Waals surface area contributed by atoms with Crippen LogP contribution in [0.25, 0.3) is 10.2 Å². The van der Waals surface area contributed by atoms with Crippen molar-refractivity contribution < 1.29 is 4.79 Å². The molecule has 0 aliphatic carbocycles. The molecule has 3 aromatic rings. The minimum atomic E-state index is 0.111. The lowest BCUT2D eigenvalue weighted by atomic mass is 10.1. The second-order valence-electron chi connectivity index (χ2n) is 7.20. The van der Waals surface area contributed by atoms with Gasteiger partial charge < -0.3 is 4.90 Å². The van der Waals surface area contributed by atoms with Crippen LogP contribution in [0.4, 0.5) is 5.13 Å². The molecule has 0 fully saturated rings. The Labute approximate surface area is 175 Å². The number of benzene rings is 2. The summed E-state index contributed by atoms with van der Waals surface area (Å²) in [4.78, 5) is 23.0. The van der Waals surface area contributed by atoms with Gasteiger partial charge in [-0.15, -0.1) is 11.8 Å². The van der Waals surface area contributed by atoms with E-state index >= 15 is 0 Å². The van der Waals surface area contributed by atoms with Crippen molar-refractivity contribution in [2.45, 2.75) is 25.2 Å². The van der Waals surface area contributed by atoms with E-state index in [1.54, 1.807) is 23.1 Å². The number of thiazole rings is 1. The average Bonchev–Trinajstić information content (AvgIpc) is 3.06. The number of thioether (sulfide) groups is 1. The van der Waals surface area contributed by atoms with Crippen molar-refractivity contribution in [3.8, 4) is 0 Å². The summed E-state index contributed by atoms with van der Waals surface area (Å²) in [5.41, 5.74) is 3.46. The lowest BCUT2D eigenvalue weighted by Gasteiger charge is -2.21. The Morgan fingerprint density at radius 3 is 2.50 bits per heavy atom.